The van der Waals surface area contributed by atoms with E-state index in [4.69, 9.17) is 9.47 Å². The molecule has 0 bridgehead atoms. The summed E-state index contributed by atoms with van der Waals surface area (Å²) in [6.45, 7) is 7.39. The van der Waals surface area contributed by atoms with Gasteiger partial charge in [-0.3, -0.25) is 4.79 Å². The Hall–Kier alpha value is -3.14. The second kappa shape index (κ2) is 14.7. The normalized spacial score (nSPS) is 22.0. The Morgan fingerprint density at radius 1 is 1.11 bits per heavy atom. The molecule has 0 saturated carbocycles. The highest BCUT2D eigenvalue weighted by Gasteiger charge is 2.29. The number of carbonyl (C=O) groups is 2. The minimum atomic E-state index is -0.420. The van der Waals surface area contributed by atoms with Gasteiger partial charge in [-0.1, -0.05) is 25.1 Å². The molecule has 0 fully saturated rings. The van der Waals surface area contributed by atoms with Crippen LogP contribution in [0.2, 0.25) is 0 Å². The first-order valence-corrected chi connectivity index (χ1v) is 13.4. The van der Waals surface area contributed by atoms with Gasteiger partial charge in [-0.05, 0) is 70.5 Å². The summed E-state index contributed by atoms with van der Waals surface area (Å²) in [6, 6.07) is 13.4. The van der Waals surface area contributed by atoms with Crippen molar-refractivity contribution in [2.24, 2.45) is 5.92 Å². The molecule has 0 aromatic heterocycles. The number of urea groups is 1. The Morgan fingerprint density at radius 2 is 1.84 bits per heavy atom. The molecular formula is C29H42N4O5. The lowest BCUT2D eigenvalue weighted by Gasteiger charge is -2.34. The maximum Gasteiger partial charge on any atom is 0.323 e. The van der Waals surface area contributed by atoms with Gasteiger partial charge < -0.3 is 35.4 Å². The third-order valence-electron chi connectivity index (χ3n) is 6.75. The minimum absolute atomic E-state index is 0.0181. The number of hydrogen-bond acceptors (Lipinski definition) is 6. The molecule has 3 rings (SSSR count). The number of anilines is 2. The van der Waals surface area contributed by atoms with Crippen LogP contribution in [0, 0.1) is 5.92 Å². The molecule has 4 N–H and O–H groups in total. The molecule has 2 aromatic rings. The lowest BCUT2D eigenvalue weighted by Crippen LogP contribution is -2.47. The molecule has 208 valence electrons. The van der Waals surface area contributed by atoms with Gasteiger partial charge in [0.15, 0.2) is 0 Å². The van der Waals surface area contributed by atoms with Crippen LogP contribution in [0.25, 0.3) is 0 Å². The number of para-hydroxylation sites is 1. The Labute approximate surface area is 225 Å². The largest absolute Gasteiger partial charge is 0.490 e. The van der Waals surface area contributed by atoms with E-state index in [1.54, 1.807) is 35.2 Å². The number of hydrogen-bond donors (Lipinski definition) is 4. The van der Waals surface area contributed by atoms with E-state index < -0.39 is 12.1 Å². The van der Waals surface area contributed by atoms with Crippen LogP contribution in [-0.4, -0.2) is 73.5 Å². The number of rotatable bonds is 6. The number of carbonyl (C=O) groups excluding carboxylic acids is 2. The maximum atomic E-state index is 14.0. The predicted molar refractivity (Wildman–Crippen MR) is 150 cm³/mol. The fourth-order valence-electron chi connectivity index (χ4n) is 4.51. The summed E-state index contributed by atoms with van der Waals surface area (Å²) < 4.78 is 12.4. The summed E-state index contributed by atoms with van der Waals surface area (Å²) in [5, 5.41) is 18.8. The van der Waals surface area contributed by atoms with Crippen molar-refractivity contribution in [3.8, 4) is 5.75 Å². The van der Waals surface area contributed by atoms with E-state index in [-0.39, 0.29) is 30.6 Å². The van der Waals surface area contributed by atoms with Crippen molar-refractivity contribution in [1.82, 2.24) is 10.2 Å². The fraction of sp³-hybridized carbons (Fsp3) is 0.517. The Kier molecular flexibility index (Phi) is 11.4. The highest BCUT2D eigenvalue weighted by molar-refractivity contribution is 6.02. The molecule has 1 aliphatic heterocycles. The van der Waals surface area contributed by atoms with Gasteiger partial charge in [-0.15, -0.1) is 0 Å². The number of likely N-dealkylation sites (N-methyl/N-ethyl adjacent to an activating group) is 1. The van der Waals surface area contributed by atoms with E-state index in [9.17, 15) is 14.7 Å². The van der Waals surface area contributed by atoms with Gasteiger partial charge in [-0.2, -0.15) is 0 Å². The van der Waals surface area contributed by atoms with Gasteiger partial charge in [-0.25, -0.2) is 4.79 Å². The third kappa shape index (κ3) is 8.44. The molecule has 3 amide bonds. The van der Waals surface area contributed by atoms with Gasteiger partial charge in [0.2, 0.25) is 0 Å². The second-order valence-corrected chi connectivity index (χ2v) is 10.0. The van der Waals surface area contributed by atoms with Crippen molar-refractivity contribution in [2.45, 2.75) is 58.3 Å². The van der Waals surface area contributed by atoms with Gasteiger partial charge in [0.1, 0.15) is 5.75 Å². The number of nitrogens with zero attached hydrogens (tertiary/aromatic N) is 1. The molecule has 1 heterocycles. The van der Waals surface area contributed by atoms with Crippen LogP contribution in [0.4, 0.5) is 16.2 Å². The number of benzene rings is 2. The third-order valence-corrected chi connectivity index (χ3v) is 6.75. The zero-order valence-electron chi connectivity index (χ0n) is 22.9. The first-order valence-electron chi connectivity index (χ1n) is 13.4. The molecule has 9 heteroatoms. The molecule has 9 nitrogen and oxygen atoms in total. The fourth-order valence-corrected chi connectivity index (χ4v) is 4.51. The first-order chi connectivity index (χ1) is 18.3. The van der Waals surface area contributed by atoms with Crippen molar-refractivity contribution < 1.29 is 24.2 Å². The zero-order chi connectivity index (χ0) is 27.5. The Bertz CT molecular complexity index is 1030. The van der Waals surface area contributed by atoms with Crippen LogP contribution in [0.1, 0.15) is 50.4 Å². The van der Waals surface area contributed by atoms with E-state index in [0.29, 0.717) is 42.4 Å². The Morgan fingerprint density at radius 3 is 2.55 bits per heavy atom. The highest BCUT2D eigenvalue weighted by Crippen LogP contribution is 2.28. The van der Waals surface area contributed by atoms with Crippen molar-refractivity contribution in [3.63, 3.8) is 0 Å². The lowest BCUT2D eigenvalue weighted by atomic mass is 10.0. The average Bonchev–Trinajstić information content (AvgIpc) is 2.90. The molecular weight excluding hydrogens is 484 g/mol. The second-order valence-electron chi connectivity index (χ2n) is 10.0. The van der Waals surface area contributed by atoms with Gasteiger partial charge in [0, 0.05) is 37.0 Å². The van der Waals surface area contributed by atoms with Crippen molar-refractivity contribution in [1.29, 1.82) is 0 Å². The van der Waals surface area contributed by atoms with Gasteiger partial charge >= 0.3 is 6.03 Å². The number of aliphatic hydroxyl groups is 1. The molecule has 0 unspecified atom stereocenters. The molecule has 0 saturated heterocycles. The molecule has 38 heavy (non-hydrogen) atoms. The quantitative estimate of drug-likeness (QED) is 0.445. The summed E-state index contributed by atoms with van der Waals surface area (Å²) in [7, 11) is 1.89. The smallest absolute Gasteiger partial charge is 0.323 e. The number of ether oxygens (including phenoxy) is 2. The van der Waals surface area contributed by atoms with Crippen LogP contribution in [-0.2, 0) is 4.74 Å². The van der Waals surface area contributed by atoms with E-state index >= 15 is 0 Å². The average molecular weight is 527 g/mol. The van der Waals surface area contributed by atoms with Gasteiger partial charge in [0.05, 0.1) is 30.4 Å². The molecule has 0 spiro atoms. The standard InChI is InChI=1S/C29H42N4O5/c1-20-18-33(21(2)19-34)28(35)25-16-24(32-29(36)31-23-11-6-5-7-12-23)13-14-26(25)38-22(3)10-8-9-15-37-27(20)17-30-4/h5-7,11-14,16,20-22,27,30,34H,8-10,15,17-19H2,1-4H3,(H2,31,32,36)/t20-,21-,22-,27-/m0/s1. The number of aliphatic hydroxyl groups excluding tert-OH is 1. The number of nitrogens with one attached hydrogen (secondary N) is 3. The molecule has 2 aromatic carbocycles. The van der Waals surface area contributed by atoms with Crippen LogP contribution in [0.3, 0.4) is 0 Å². The molecule has 1 aliphatic rings. The number of fused-ring (bicyclic) bond motifs is 1. The van der Waals surface area contributed by atoms with E-state index in [1.165, 1.54) is 0 Å². The summed E-state index contributed by atoms with van der Waals surface area (Å²) in [6.07, 6.45) is 2.49. The van der Waals surface area contributed by atoms with Crippen LogP contribution in [0.15, 0.2) is 48.5 Å². The van der Waals surface area contributed by atoms with Crippen molar-refractivity contribution >= 4 is 23.3 Å². The zero-order valence-corrected chi connectivity index (χ0v) is 22.9. The van der Waals surface area contributed by atoms with E-state index in [1.807, 2.05) is 39.1 Å². The van der Waals surface area contributed by atoms with Crippen LogP contribution < -0.4 is 20.7 Å². The van der Waals surface area contributed by atoms with Crippen molar-refractivity contribution in [3.05, 3.63) is 54.1 Å². The van der Waals surface area contributed by atoms with Crippen LogP contribution >= 0.6 is 0 Å². The monoisotopic (exact) mass is 526 g/mol. The topological polar surface area (TPSA) is 112 Å². The number of amides is 3. The molecule has 4 atom stereocenters. The lowest BCUT2D eigenvalue weighted by molar-refractivity contribution is -0.000450. The summed E-state index contributed by atoms with van der Waals surface area (Å²) in [5.41, 5.74) is 1.46. The first kappa shape index (κ1) is 29.4. The minimum Gasteiger partial charge on any atom is -0.490 e. The van der Waals surface area contributed by atoms with E-state index in [2.05, 4.69) is 22.9 Å². The highest BCUT2D eigenvalue weighted by atomic mass is 16.5. The molecule has 0 radical (unpaired) electrons. The van der Waals surface area contributed by atoms with E-state index in [0.717, 1.165) is 19.3 Å². The predicted octanol–water partition coefficient (Wildman–Crippen LogP) is 4.35. The molecule has 0 aliphatic carbocycles. The SMILES string of the molecule is CNC[C@@H]1OCCCC[C@H](C)Oc2ccc(NC(=O)Nc3ccccc3)cc2C(=O)N([C@@H](C)CO)C[C@@H]1C. The summed E-state index contributed by atoms with van der Waals surface area (Å²) in [5.74, 6) is 0.206. The van der Waals surface area contributed by atoms with Gasteiger partial charge in [0.25, 0.3) is 5.91 Å². The van der Waals surface area contributed by atoms with Crippen molar-refractivity contribution in [2.75, 3.05) is 44.0 Å². The summed E-state index contributed by atoms with van der Waals surface area (Å²) >= 11 is 0. The van der Waals surface area contributed by atoms with Crippen LogP contribution in [0.5, 0.6) is 5.75 Å². The maximum absolute atomic E-state index is 14.0. The Balaban J connectivity index is 1.93. The summed E-state index contributed by atoms with van der Waals surface area (Å²) in [4.78, 5) is 28.3.